The lowest BCUT2D eigenvalue weighted by molar-refractivity contribution is -0.384. The van der Waals surface area contributed by atoms with E-state index in [0.29, 0.717) is 0 Å². The SMILES string of the molecule is Cc1cc([N+](=O)[O-])ccc1N1CCN(Cc2ccccc2)CC1CO. The number of anilines is 1. The number of benzene rings is 2. The van der Waals surface area contributed by atoms with E-state index in [-0.39, 0.29) is 23.3 Å². The van der Waals surface area contributed by atoms with E-state index in [1.807, 2.05) is 25.1 Å². The number of nitrogens with zero attached hydrogens (tertiary/aromatic N) is 3. The molecule has 0 saturated carbocycles. The van der Waals surface area contributed by atoms with Gasteiger partial charge in [0.05, 0.1) is 17.6 Å². The first-order valence-corrected chi connectivity index (χ1v) is 8.47. The number of non-ortho nitro benzene ring substituents is 1. The van der Waals surface area contributed by atoms with E-state index in [4.69, 9.17) is 0 Å². The molecule has 1 N–H and O–H groups in total. The van der Waals surface area contributed by atoms with Crippen LogP contribution < -0.4 is 4.90 Å². The Morgan fingerprint density at radius 3 is 2.60 bits per heavy atom. The van der Waals surface area contributed by atoms with E-state index in [1.54, 1.807) is 12.1 Å². The zero-order valence-corrected chi connectivity index (χ0v) is 14.3. The van der Waals surface area contributed by atoms with Crippen LogP contribution in [0.2, 0.25) is 0 Å². The van der Waals surface area contributed by atoms with Crippen molar-refractivity contribution >= 4 is 11.4 Å². The Morgan fingerprint density at radius 1 is 1.20 bits per heavy atom. The second-order valence-corrected chi connectivity index (χ2v) is 6.48. The van der Waals surface area contributed by atoms with Gasteiger partial charge < -0.3 is 10.0 Å². The monoisotopic (exact) mass is 341 g/mol. The summed E-state index contributed by atoms with van der Waals surface area (Å²) in [5.41, 5.74) is 3.19. The highest BCUT2D eigenvalue weighted by Crippen LogP contribution is 2.28. The molecule has 1 aliphatic heterocycles. The van der Waals surface area contributed by atoms with Gasteiger partial charge in [-0.1, -0.05) is 30.3 Å². The van der Waals surface area contributed by atoms with Crippen molar-refractivity contribution in [3.63, 3.8) is 0 Å². The lowest BCUT2D eigenvalue weighted by Crippen LogP contribution is -2.54. The van der Waals surface area contributed by atoms with Crippen molar-refractivity contribution in [2.24, 2.45) is 0 Å². The normalized spacial score (nSPS) is 18.3. The third-order valence-corrected chi connectivity index (χ3v) is 4.73. The van der Waals surface area contributed by atoms with Gasteiger partial charge >= 0.3 is 0 Å². The average Bonchev–Trinajstić information content (AvgIpc) is 2.62. The number of nitro groups is 1. The molecule has 6 nitrogen and oxygen atoms in total. The van der Waals surface area contributed by atoms with Crippen LogP contribution in [0.15, 0.2) is 48.5 Å². The molecule has 1 saturated heterocycles. The largest absolute Gasteiger partial charge is 0.394 e. The summed E-state index contributed by atoms with van der Waals surface area (Å²) in [5.74, 6) is 0. The standard InChI is InChI=1S/C19H23N3O3/c1-15-11-17(22(24)25)7-8-19(15)21-10-9-20(13-18(21)14-23)12-16-5-3-2-4-6-16/h2-8,11,18,23H,9-10,12-14H2,1H3. The average molecular weight is 341 g/mol. The predicted molar refractivity (Wildman–Crippen MR) is 97.8 cm³/mol. The molecule has 25 heavy (non-hydrogen) atoms. The lowest BCUT2D eigenvalue weighted by Gasteiger charge is -2.42. The molecule has 6 heteroatoms. The van der Waals surface area contributed by atoms with Crippen molar-refractivity contribution in [3.05, 3.63) is 69.8 Å². The number of aliphatic hydroxyl groups excluding tert-OH is 1. The number of aliphatic hydroxyl groups is 1. The second kappa shape index (κ2) is 7.63. The van der Waals surface area contributed by atoms with Gasteiger partial charge in [0.15, 0.2) is 0 Å². The van der Waals surface area contributed by atoms with E-state index < -0.39 is 0 Å². The summed E-state index contributed by atoms with van der Waals surface area (Å²) >= 11 is 0. The van der Waals surface area contributed by atoms with E-state index in [2.05, 4.69) is 21.9 Å². The van der Waals surface area contributed by atoms with E-state index in [9.17, 15) is 15.2 Å². The highest BCUT2D eigenvalue weighted by atomic mass is 16.6. The predicted octanol–water partition coefficient (Wildman–Crippen LogP) is 2.59. The van der Waals surface area contributed by atoms with Gasteiger partial charge in [-0.3, -0.25) is 15.0 Å². The van der Waals surface area contributed by atoms with Gasteiger partial charge in [-0.05, 0) is 24.1 Å². The van der Waals surface area contributed by atoms with Gasteiger partial charge in [0, 0.05) is 44.0 Å². The topological polar surface area (TPSA) is 69.9 Å². The summed E-state index contributed by atoms with van der Waals surface area (Å²) < 4.78 is 0. The summed E-state index contributed by atoms with van der Waals surface area (Å²) in [6.45, 7) is 5.25. The van der Waals surface area contributed by atoms with E-state index in [0.717, 1.165) is 37.4 Å². The van der Waals surface area contributed by atoms with Crippen LogP contribution in [0.25, 0.3) is 0 Å². The number of aryl methyl sites for hydroxylation is 1. The van der Waals surface area contributed by atoms with Crippen LogP contribution in [-0.4, -0.2) is 47.2 Å². The van der Waals surface area contributed by atoms with Crippen LogP contribution in [0.5, 0.6) is 0 Å². The van der Waals surface area contributed by atoms with Crippen molar-refractivity contribution < 1.29 is 10.0 Å². The third kappa shape index (κ3) is 3.97. The van der Waals surface area contributed by atoms with Crippen LogP contribution in [0.1, 0.15) is 11.1 Å². The number of rotatable bonds is 5. The maximum Gasteiger partial charge on any atom is 0.269 e. The molecule has 0 bridgehead atoms. The van der Waals surface area contributed by atoms with Crippen molar-refractivity contribution in [1.29, 1.82) is 0 Å². The fourth-order valence-electron chi connectivity index (χ4n) is 3.45. The molecule has 1 aliphatic rings. The van der Waals surface area contributed by atoms with Gasteiger partial charge in [-0.25, -0.2) is 0 Å². The Balaban J connectivity index is 1.73. The van der Waals surface area contributed by atoms with Crippen molar-refractivity contribution in [2.45, 2.75) is 19.5 Å². The highest BCUT2D eigenvalue weighted by Gasteiger charge is 2.28. The molecule has 0 radical (unpaired) electrons. The molecule has 2 aromatic carbocycles. The summed E-state index contributed by atoms with van der Waals surface area (Å²) in [6.07, 6.45) is 0. The zero-order valence-electron chi connectivity index (χ0n) is 14.3. The number of piperazine rings is 1. The zero-order chi connectivity index (χ0) is 17.8. The van der Waals surface area contributed by atoms with Crippen molar-refractivity contribution in [3.8, 4) is 0 Å². The maximum atomic E-state index is 10.9. The van der Waals surface area contributed by atoms with Crippen LogP contribution in [-0.2, 0) is 6.54 Å². The molecule has 0 aliphatic carbocycles. The van der Waals surface area contributed by atoms with Gasteiger partial charge in [0.2, 0.25) is 0 Å². The molecule has 1 heterocycles. The Bertz CT molecular complexity index is 736. The summed E-state index contributed by atoms with van der Waals surface area (Å²) in [4.78, 5) is 15.1. The molecule has 0 aromatic heterocycles. The molecular formula is C19H23N3O3. The molecule has 0 amide bonds. The summed E-state index contributed by atoms with van der Waals surface area (Å²) in [6, 6.07) is 15.2. The Kier molecular flexibility index (Phi) is 5.31. The van der Waals surface area contributed by atoms with E-state index >= 15 is 0 Å². The first kappa shape index (κ1) is 17.4. The molecule has 0 spiro atoms. The van der Waals surface area contributed by atoms with Gasteiger partial charge in [0.1, 0.15) is 0 Å². The second-order valence-electron chi connectivity index (χ2n) is 6.48. The fraction of sp³-hybridized carbons (Fsp3) is 0.368. The molecule has 1 unspecified atom stereocenters. The van der Waals surface area contributed by atoms with Crippen LogP contribution in [0, 0.1) is 17.0 Å². The molecule has 2 aromatic rings. The Hall–Kier alpha value is -2.44. The van der Waals surface area contributed by atoms with Gasteiger partial charge in [-0.15, -0.1) is 0 Å². The maximum absolute atomic E-state index is 10.9. The molecule has 1 fully saturated rings. The van der Waals surface area contributed by atoms with E-state index in [1.165, 1.54) is 11.6 Å². The van der Waals surface area contributed by atoms with Gasteiger partial charge in [-0.2, -0.15) is 0 Å². The minimum absolute atomic E-state index is 0.0161. The quantitative estimate of drug-likeness (QED) is 0.669. The highest BCUT2D eigenvalue weighted by molar-refractivity contribution is 5.58. The fourth-order valence-corrected chi connectivity index (χ4v) is 3.45. The minimum atomic E-state index is -0.377. The number of nitro benzene ring substituents is 1. The Morgan fingerprint density at radius 2 is 1.96 bits per heavy atom. The number of hydrogen-bond donors (Lipinski definition) is 1. The van der Waals surface area contributed by atoms with Crippen molar-refractivity contribution in [2.75, 3.05) is 31.1 Å². The number of hydrogen-bond acceptors (Lipinski definition) is 5. The van der Waals surface area contributed by atoms with Gasteiger partial charge in [0.25, 0.3) is 5.69 Å². The summed E-state index contributed by atoms with van der Waals surface area (Å²) in [5, 5.41) is 20.8. The van der Waals surface area contributed by atoms with Crippen LogP contribution >= 0.6 is 0 Å². The molecule has 3 rings (SSSR count). The minimum Gasteiger partial charge on any atom is -0.394 e. The van der Waals surface area contributed by atoms with Crippen LogP contribution in [0.3, 0.4) is 0 Å². The molecule has 1 atom stereocenters. The first-order valence-electron chi connectivity index (χ1n) is 8.47. The first-order chi connectivity index (χ1) is 12.1. The smallest absolute Gasteiger partial charge is 0.269 e. The molecular weight excluding hydrogens is 318 g/mol. The van der Waals surface area contributed by atoms with Crippen molar-refractivity contribution in [1.82, 2.24) is 4.90 Å². The third-order valence-electron chi connectivity index (χ3n) is 4.73. The summed E-state index contributed by atoms with van der Waals surface area (Å²) in [7, 11) is 0. The lowest BCUT2D eigenvalue weighted by atomic mass is 10.1. The van der Waals surface area contributed by atoms with Crippen LogP contribution in [0.4, 0.5) is 11.4 Å². The molecule has 132 valence electrons. The Labute approximate surface area is 147 Å².